The Hall–Kier alpha value is -3.00. The number of anilines is 1. The number of hydrogen-bond donors (Lipinski definition) is 1. The summed E-state index contributed by atoms with van der Waals surface area (Å²) in [6.07, 6.45) is 6.21. The van der Waals surface area contributed by atoms with E-state index in [2.05, 4.69) is 12.2 Å². The number of fused-ring (bicyclic) bond motifs is 1. The lowest BCUT2D eigenvalue weighted by Crippen LogP contribution is -2.16. The molecule has 1 aromatic heterocycles. The molecular formula is C22H24N2O5S. The molecule has 1 aliphatic carbocycles. The first kappa shape index (κ1) is 21.7. The number of esters is 1. The van der Waals surface area contributed by atoms with Crippen LogP contribution < -0.4 is 5.32 Å². The van der Waals surface area contributed by atoms with Crippen molar-refractivity contribution in [1.82, 2.24) is 0 Å². The van der Waals surface area contributed by atoms with Gasteiger partial charge < -0.3 is 10.1 Å². The lowest BCUT2D eigenvalue weighted by atomic mass is 9.88. The average molecular weight is 429 g/mol. The lowest BCUT2D eigenvalue weighted by molar-refractivity contribution is -0.384. The van der Waals surface area contributed by atoms with Gasteiger partial charge in [-0.15, -0.1) is 11.3 Å². The zero-order chi connectivity index (χ0) is 21.7. The quantitative estimate of drug-likeness (QED) is 0.290. The Morgan fingerprint density at radius 2 is 2.20 bits per heavy atom. The van der Waals surface area contributed by atoms with Crippen LogP contribution in [0.25, 0.3) is 6.08 Å². The molecule has 1 N–H and O–H groups in total. The number of hydrogen-bond acceptors (Lipinski definition) is 6. The maximum absolute atomic E-state index is 12.7. The lowest BCUT2D eigenvalue weighted by Gasteiger charge is -2.18. The highest BCUT2D eigenvalue weighted by molar-refractivity contribution is 7.17. The monoisotopic (exact) mass is 428 g/mol. The molecule has 0 spiro atoms. The highest BCUT2D eigenvalue weighted by atomic mass is 32.1. The van der Waals surface area contributed by atoms with Gasteiger partial charge in [-0.2, -0.15) is 0 Å². The van der Waals surface area contributed by atoms with Crippen molar-refractivity contribution in [3.63, 3.8) is 0 Å². The summed E-state index contributed by atoms with van der Waals surface area (Å²) in [7, 11) is 0. The minimum atomic E-state index is -0.483. The van der Waals surface area contributed by atoms with Crippen molar-refractivity contribution < 1.29 is 19.2 Å². The summed E-state index contributed by atoms with van der Waals surface area (Å²) in [5.41, 5.74) is 1.95. The van der Waals surface area contributed by atoms with Crippen molar-refractivity contribution in [2.24, 2.45) is 5.92 Å². The van der Waals surface area contributed by atoms with E-state index in [4.69, 9.17) is 4.74 Å². The Morgan fingerprint density at radius 1 is 1.40 bits per heavy atom. The Labute approximate surface area is 178 Å². The van der Waals surface area contributed by atoms with Crippen molar-refractivity contribution in [2.45, 2.75) is 39.5 Å². The van der Waals surface area contributed by atoms with Gasteiger partial charge in [0.1, 0.15) is 5.00 Å². The molecule has 0 fully saturated rings. The number of non-ortho nitro benzene ring substituents is 1. The number of benzene rings is 1. The minimum absolute atomic E-state index is 0.0430. The number of amides is 1. The van der Waals surface area contributed by atoms with E-state index in [1.165, 1.54) is 35.6 Å². The smallest absolute Gasteiger partial charge is 0.341 e. The Morgan fingerprint density at radius 3 is 2.93 bits per heavy atom. The Bertz CT molecular complexity index is 995. The number of carbonyl (C=O) groups excluding carboxylic acids is 2. The summed E-state index contributed by atoms with van der Waals surface area (Å²) >= 11 is 1.43. The summed E-state index contributed by atoms with van der Waals surface area (Å²) < 4.78 is 5.35. The first-order valence-electron chi connectivity index (χ1n) is 9.94. The molecule has 0 saturated carbocycles. The number of carbonyl (C=O) groups is 2. The van der Waals surface area contributed by atoms with Crippen LogP contribution in [-0.2, 0) is 22.4 Å². The fraction of sp³-hybridized carbons (Fsp3) is 0.364. The number of nitro benzene ring substituents is 1. The molecule has 0 aliphatic heterocycles. The van der Waals surface area contributed by atoms with Gasteiger partial charge in [0.15, 0.2) is 0 Å². The predicted molar refractivity (Wildman–Crippen MR) is 117 cm³/mol. The second kappa shape index (κ2) is 9.67. The van der Waals surface area contributed by atoms with Crippen LogP contribution in [0.3, 0.4) is 0 Å². The standard InChI is InChI=1S/C22H24N2O5S/c1-3-11-29-22(26)20-17-9-7-14(2)12-18(17)30-21(20)23-19(25)10-8-15-5-4-6-16(13-15)24(27)28/h4-6,8,10,13-14H,3,7,9,11-12H2,1-2H3,(H,23,25)/b10-8+/t14-/m1/s1. The van der Waals surface area contributed by atoms with E-state index < -0.39 is 16.8 Å². The van der Waals surface area contributed by atoms with Crippen LogP contribution in [-0.4, -0.2) is 23.4 Å². The molecule has 1 aliphatic rings. The van der Waals surface area contributed by atoms with E-state index >= 15 is 0 Å². The summed E-state index contributed by atoms with van der Waals surface area (Å²) in [6.45, 7) is 4.44. The number of nitro groups is 1. The third-order valence-electron chi connectivity index (χ3n) is 4.90. The Kier molecular flexibility index (Phi) is 6.99. The topological polar surface area (TPSA) is 98.5 Å². The number of rotatable bonds is 7. The van der Waals surface area contributed by atoms with Gasteiger partial charge in [-0.1, -0.05) is 26.0 Å². The van der Waals surface area contributed by atoms with Gasteiger partial charge in [0.2, 0.25) is 5.91 Å². The fourth-order valence-corrected chi connectivity index (χ4v) is 4.79. The van der Waals surface area contributed by atoms with E-state index in [1.807, 2.05) is 6.92 Å². The van der Waals surface area contributed by atoms with Crippen molar-refractivity contribution in [3.05, 3.63) is 62.0 Å². The molecular weight excluding hydrogens is 404 g/mol. The third-order valence-corrected chi connectivity index (χ3v) is 6.07. The maximum atomic E-state index is 12.7. The van der Waals surface area contributed by atoms with Crippen molar-refractivity contribution >= 4 is 40.0 Å². The number of nitrogens with zero attached hydrogens (tertiary/aromatic N) is 1. The number of nitrogens with one attached hydrogen (secondary N) is 1. The number of thiophene rings is 1. The molecule has 0 unspecified atom stereocenters. The summed E-state index contributed by atoms with van der Waals surface area (Å²) in [6, 6.07) is 6.02. The molecule has 0 bridgehead atoms. The number of ether oxygens (including phenoxy) is 1. The zero-order valence-corrected chi connectivity index (χ0v) is 17.8. The fourth-order valence-electron chi connectivity index (χ4n) is 3.39. The van der Waals surface area contributed by atoms with Crippen LogP contribution in [0.5, 0.6) is 0 Å². The Balaban J connectivity index is 1.81. The predicted octanol–water partition coefficient (Wildman–Crippen LogP) is 5.00. The van der Waals surface area contributed by atoms with Gasteiger partial charge >= 0.3 is 5.97 Å². The average Bonchev–Trinajstić information content (AvgIpc) is 3.07. The van der Waals surface area contributed by atoms with E-state index in [9.17, 15) is 19.7 Å². The molecule has 7 nitrogen and oxygen atoms in total. The zero-order valence-electron chi connectivity index (χ0n) is 17.0. The third kappa shape index (κ3) is 5.13. The second-order valence-electron chi connectivity index (χ2n) is 7.37. The molecule has 0 radical (unpaired) electrons. The highest BCUT2D eigenvalue weighted by Crippen LogP contribution is 2.40. The van der Waals surface area contributed by atoms with E-state index in [-0.39, 0.29) is 5.69 Å². The van der Waals surface area contributed by atoms with E-state index in [0.29, 0.717) is 28.7 Å². The minimum Gasteiger partial charge on any atom is -0.462 e. The molecule has 1 heterocycles. The molecule has 2 aromatic rings. The van der Waals surface area contributed by atoms with Crippen molar-refractivity contribution in [2.75, 3.05) is 11.9 Å². The van der Waals surface area contributed by atoms with Crippen LogP contribution in [0.15, 0.2) is 30.3 Å². The molecule has 1 amide bonds. The summed E-state index contributed by atoms with van der Waals surface area (Å²) in [5.74, 6) is -0.271. The molecule has 158 valence electrons. The van der Waals surface area contributed by atoms with Crippen molar-refractivity contribution in [3.8, 4) is 0 Å². The SMILES string of the molecule is CCCOC(=O)c1c(NC(=O)/C=C/c2cccc([N+](=O)[O-])c2)sc2c1CC[C@@H](C)C2. The highest BCUT2D eigenvalue weighted by Gasteiger charge is 2.29. The van der Waals surface area contributed by atoms with E-state index in [0.717, 1.165) is 36.1 Å². The van der Waals surface area contributed by atoms with Crippen LogP contribution >= 0.6 is 11.3 Å². The molecule has 30 heavy (non-hydrogen) atoms. The summed E-state index contributed by atoms with van der Waals surface area (Å²) in [5, 5.41) is 14.2. The van der Waals surface area contributed by atoms with Gasteiger partial charge in [0.25, 0.3) is 5.69 Å². The van der Waals surface area contributed by atoms with E-state index in [1.54, 1.807) is 12.1 Å². The van der Waals surface area contributed by atoms with Crippen LogP contribution in [0, 0.1) is 16.0 Å². The van der Waals surface area contributed by atoms with Gasteiger partial charge in [-0.3, -0.25) is 14.9 Å². The molecule has 8 heteroatoms. The maximum Gasteiger partial charge on any atom is 0.341 e. The molecule has 1 atom stereocenters. The van der Waals surface area contributed by atoms with Gasteiger partial charge in [-0.05, 0) is 48.8 Å². The normalized spacial score (nSPS) is 15.6. The van der Waals surface area contributed by atoms with Crippen molar-refractivity contribution in [1.29, 1.82) is 0 Å². The largest absolute Gasteiger partial charge is 0.462 e. The molecule has 1 aromatic carbocycles. The van der Waals surface area contributed by atoms with Gasteiger partial charge in [0.05, 0.1) is 17.1 Å². The van der Waals surface area contributed by atoms with Crippen LogP contribution in [0.4, 0.5) is 10.7 Å². The summed E-state index contributed by atoms with van der Waals surface area (Å²) in [4.78, 5) is 36.7. The second-order valence-corrected chi connectivity index (χ2v) is 8.47. The first-order chi connectivity index (χ1) is 14.4. The van der Waals surface area contributed by atoms with Gasteiger partial charge in [0, 0.05) is 23.1 Å². The molecule has 3 rings (SSSR count). The first-order valence-corrected chi connectivity index (χ1v) is 10.8. The van der Waals surface area contributed by atoms with Crippen LogP contribution in [0.2, 0.25) is 0 Å². The van der Waals surface area contributed by atoms with Crippen LogP contribution in [0.1, 0.15) is 53.1 Å². The van der Waals surface area contributed by atoms with Gasteiger partial charge in [-0.25, -0.2) is 4.79 Å². The molecule has 0 saturated heterocycles.